The number of aliphatic imine (C=N–C) groups is 1. The van der Waals surface area contributed by atoms with Crippen LogP contribution in [0, 0.1) is 5.92 Å². The number of carbonyl (C=O) groups excluding carboxylic acids is 1. The number of likely N-dealkylation sites (tertiary alicyclic amines) is 1. The van der Waals surface area contributed by atoms with Gasteiger partial charge in [0, 0.05) is 45.8 Å². The average Bonchev–Trinajstić information content (AvgIpc) is 2.82. The van der Waals surface area contributed by atoms with Gasteiger partial charge in [-0.2, -0.15) is 0 Å². The summed E-state index contributed by atoms with van der Waals surface area (Å²) in [7, 11) is 3.43. The second-order valence-electron chi connectivity index (χ2n) is 8.68. The van der Waals surface area contributed by atoms with Gasteiger partial charge in [-0.05, 0) is 60.5 Å². The lowest BCUT2D eigenvalue weighted by Crippen LogP contribution is -2.37. The molecule has 1 fully saturated rings. The zero-order chi connectivity index (χ0) is 22.8. The number of rotatable bonds is 8. The lowest BCUT2D eigenvalue weighted by molar-refractivity contribution is 0.0963. The van der Waals surface area contributed by atoms with Gasteiger partial charge in [0.05, 0.1) is 0 Å². The Kier molecular flexibility index (Phi) is 9.11. The zero-order valence-electron chi connectivity index (χ0n) is 19.7. The molecule has 0 aromatic heterocycles. The number of nitrogens with one attached hydrogen (secondary N) is 3. The molecule has 3 rings (SSSR count). The fraction of sp³-hybridized carbons (Fsp3) is 0.462. The van der Waals surface area contributed by atoms with Crippen LogP contribution in [0.2, 0.25) is 0 Å². The summed E-state index contributed by atoms with van der Waals surface area (Å²) in [6.45, 7) is 7.29. The van der Waals surface area contributed by atoms with Crippen molar-refractivity contribution in [3.8, 4) is 0 Å². The highest BCUT2D eigenvalue weighted by molar-refractivity contribution is 5.94. The smallest absolute Gasteiger partial charge is 0.251 e. The molecular formula is C26H37N5O. The van der Waals surface area contributed by atoms with Crippen molar-refractivity contribution in [1.82, 2.24) is 20.9 Å². The standard InChI is InChI=1S/C26H37N5O/c1-20-6-5-15-31(18-20)19-23-11-9-22(10-12-23)17-30-26(28-3)29-14-13-21-7-4-8-24(16-21)25(32)27-2/h4,7-12,16,20H,5-6,13-15,17-19H2,1-3H3,(H,27,32)(H2,28,29,30). The molecule has 1 amide bonds. The van der Waals surface area contributed by atoms with Crippen molar-refractivity contribution < 1.29 is 4.79 Å². The molecule has 1 unspecified atom stereocenters. The number of nitrogens with zero attached hydrogens (tertiary/aromatic N) is 2. The molecule has 1 heterocycles. The third-order valence-electron chi connectivity index (χ3n) is 5.98. The van der Waals surface area contributed by atoms with E-state index in [-0.39, 0.29) is 5.91 Å². The van der Waals surface area contributed by atoms with Crippen LogP contribution in [0.3, 0.4) is 0 Å². The van der Waals surface area contributed by atoms with E-state index < -0.39 is 0 Å². The second-order valence-corrected chi connectivity index (χ2v) is 8.68. The Labute approximate surface area is 192 Å². The summed E-state index contributed by atoms with van der Waals surface area (Å²) in [6, 6.07) is 16.6. The molecule has 1 saturated heterocycles. The normalized spacial score (nSPS) is 17.1. The molecule has 0 radical (unpaired) electrons. The molecule has 1 aliphatic rings. The summed E-state index contributed by atoms with van der Waals surface area (Å²) in [5, 5.41) is 9.40. The predicted octanol–water partition coefficient (Wildman–Crippen LogP) is 3.19. The highest BCUT2D eigenvalue weighted by Gasteiger charge is 2.16. The van der Waals surface area contributed by atoms with E-state index in [1.165, 1.54) is 37.1 Å². The number of guanidine groups is 1. The van der Waals surface area contributed by atoms with Gasteiger partial charge in [0.25, 0.3) is 5.91 Å². The van der Waals surface area contributed by atoms with Crippen LogP contribution < -0.4 is 16.0 Å². The third kappa shape index (κ3) is 7.38. The van der Waals surface area contributed by atoms with Gasteiger partial charge < -0.3 is 16.0 Å². The molecule has 2 aromatic carbocycles. The summed E-state index contributed by atoms with van der Waals surface area (Å²) >= 11 is 0. The maximum Gasteiger partial charge on any atom is 0.251 e. The molecule has 0 bridgehead atoms. The van der Waals surface area contributed by atoms with Gasteiger partial charge in [-0.15, -0.1) is 0 Å². The third-order valence-corrected chi connectivity index (χ3v) is 5.98. The lowest BCUT2D eigenvalue weighted by atomic mass is 9.99. The second kappa shape index (κ2) is 12.2. The van der Waals surface area contributed by atoms with E-state index >= 15 is 0 Å². The van der Waals surface area contributed by atoms with Gasteiger partial charge >= 0.3 is 0 Å². The summed E-state index contributed by atoms with van der Waals surface area (Å²) in [5.74, 6) is 1.53. The van der Waals surface area contributed by atoms with Crippen LogP contribution in [0.25, 0.3) is 0 Å². The Bertz CT molecular complexity index is 893. The van der Waals surface area contributed by atoms with Crippen LogP contribution in [-0.2, 0) is 19.5 Å². The molecule has 172 valence electrons. The first-order valence-corrected chi connectivity index (χ1v) is 11.6. The Morgan fingerprint density at radius 1 is 1.09 bits per heavy atom. The predicted molar refractivity (Wildman–Crippen MR) is 132 cm³/mol. The monoisotopic (exact) mass is 435 g/mol. The molecule has 3 N–H and O–H groups in total. The first-order chi connectivity index (χ1) is 15.6. The van der Waals surface area contributed by atoms with Crippen LogP contribution >= 0.6 is 0 Å². The molecule has 0 saturated carbocycles. The Hall–Kier alpha value is -2.86. The SMILES string of the molecule is CN=C(NCCc1cccc(C(=O)NC)c1)NCc1ccc(CN2CCCC(C)C2)cc1. The van der Waals surface area contributed by atoms with Crippen molar-refractivity contribution in [3.63, 3.8) is 0 Å². The minimum atomic E-state index is -0.0613. The fourth-order valence-electron chi connectivity index (χ4n) is 4.20. The van der Waals surface area contributed by atoms with E-state index in [0.29, 0.717) is 5.56 Å². The minimum absolute atomic E-state index is 0.0613. The van der Waals surface area contributed by atoms with E-state index in [9.17, 15) is 4.79 Å². The molecule has 6 heteroatoms. The van der Waals surface area contributed by atoms with Crippen molar-refractivity contribution in [1.29, 1.82) is 0 Å². The molecule has 0 aliphatic carbocycles. The number of piperidine rings is 1. The topological polar surface area (TPSA) is 68.8 Å². The molecule has 6 nitrogen and oxygen atoms in total. The van der Waals surface area contributed by atoms with Crippen molar-refractivity contribution in [2.24, 2.45) is 10.9 Å². The minimum Gasteiger partial charge on any atom is -0.356 e. The van der Waals surface area contributed by atoms with E-state index in [4.69, 9.17) is 0 Å². The Balaban J connectivity index is 1.42. The highest BCUT2D eigenvalue weighted by atomic mass is 16.1. The maximum absolute atomic E-state index is 11.8. The fourth-order valence-corrected chi connectivity index (χ4v) is 4.20. The van der Waals surface area contributed by atoms with Gasteiger partial charge in [-0.3, -0.25) is 14.7 Å². The van der Waals surface area contributed by atoms with E-state index in [2.05, 4.69) is 57.0 Å². The first-order valence-electron chi connectivity index (χ1n) is 11.6. The summed E-state index contributed by atoms with van der Waals surface area (Å²) in [5.41, 5.74) is 4.42. The van der Waals surface area contributed by atoms with Crippen LogP contribution in [0.5, 0.6) is 0 Å². The van der Waals surface area contributed by atoms with Gasteiger partial charge in [0.1, 0.15) is 0 Å². The summed E-state index contributed by atoms with van der Waals surface area (Å²) in [6.07, 6.45) is 3.49. The number of hydrogen-bond donors (Lipinski definition) is 3. The van der Waals surface area contributed by atoms with E-state index in [1.54, 1.807) is 14.1 Å². The molecule has 0 spiro atoms. The molecule has 2 aromatic rings. The van der Waals surface area contributed by atoms with Crippen LogP contribution in [0.15, 0.2) is 53.5 Å². The van der Waals surface area contributed by atoms with Gasteiger partial charge in [0.2, 0.25) is 0 Å². The lowest BCUT2D eigenvalue weighted by Gasteiger charge is -2.30. The van der Waals surface area contributed by atoms with Crippen LogP contribution in [0.1, 0.15) is 46.8 Å². The van der Waals surface area contributed by atoms with Crippen molar-refractivity contribution in [2.75, 3.05) is 33.7 Å². The summed E-state index contributed by atoms with van der Waals surface area (Å²) < 4.78 is 0. The molecule has 1 aliphatic heterocycles. The largest absolute Gasteiger partial charge is 0.356 e. The van der Waals surface area contributed by atoms with Crippen LogP contribution in [-0.4, -0.2) is 50.5 Å². The van der Waals surface area contributed by atoms with Gasteiger partial charge in [0.15, 0.2) is 5.96 Å². The number of hydrogen-bond acceptors (Lipinski definition) is 3. The highest BCUT2D eigenvalue weighted by Crippen LogP contribution is 2.18. The Morgan fingerprint density at radius 2 is 1.88 bits per heavy atom. The van der Waals surface area contributed by atoms with Gasteiger partial charge in [-0.25, -0.2) is 0 Å². The average molecular weight is 436 g/mol. The van der Waals surface area contributed by atoms with Crippen molar-refractivity contribution in [2.45, 2.75) is 39.3 Å². The zero-order valence-corrected chi connectivity index (χ0v) is 19.7. The first kappa shape index (κ1) is 23.8. The maximum atomic E-state index is 11.8. The van der Waals surface area contributed by atoms with Crippen LogP contribution in [0.4, 0.5) is 0 Å². The molecular weight excluding hydrogens is 398 g/mol. The molecule has 1 atom stereocenters. The van der Waals surface area contributed by atoms with E-state index in [1.807, 2.05) is 24.3 Å². The number of benzene rings is 2. The van der Waals surface area contributed by atoms with Crippen molar-refractivity contribution in [3.05, 3.63) is 70.8 Å². The number of amides is 1. The quantitative estimate of drug-likeness (QED) is 0.440. The molecule has 32 heavy (non-hydrogen) atoms. The van der Waals surface area contributed by atoms with Crippen molar-refractivity contribution >= 4 is 11.9 Å². The van der Waals surface area contributed by atoms with E-state index in [0.717, 1.165) is 43.5 Å². The summed E-state index contributed by atoms with van der Waals surface area (Å²) in [4.78, 5) is 18.7. The Morgan fingerprint density at radius 3 is 2.59 bits per heavy atom. The van der Waals surface area contributed by atoms with Gasteiger partial charge in [-0.1, -0.05) is 43.3 Å². The number of carbonyl (C=O) groups is 1.